The van der Waals surface area contributed by atoms with Crippen molar-refractivity contribution in [1.82, 2.24) is 0 Å². The van der Waals surface area contributed by atoms with Crippen LogP contribution in [0.25, 0.3) is 0 Å². The third-order valence-corrected chi connectivity index (χ3v) is 21.2. The molecule has 12 rings (SSSR count). The Morgan fingerprint density at radius 2 is 0.345 bits per heavy atom. The zero-order valence-electron chi connectivity index (χ0n) is 36.8. The highest BCUT2D eigenvalue weighted by molar-refractivity contribution is 4.95. The van der Waals surface area contributed by atoms with E-state index < -0.39 is 0 Å². The van der Waals surface area contributed by atoms with E-state index in [0.29, 0.717) is 0 Å². The van der Waals surface area contributed by atoms with Crippen molar-refractivity contribution in [2.24, 2.45) is 94.7 Å². The minimum atomic E-state index is 1.16. The molecular formula is C55H94. The molecule has 0 radical (unpaired) electrons. The standard InChI is InChI=1S/3C14H24.C13H22/c2*1-3-7-13-11(5-1)9-10-12-6-2-4-8-14(12)13;1-2-6-12-10-14-8-4-3-7-13(14)9-11(12)5-1;1-4-10-6-2-8-12-9-3-7-11(5-1)13(10)12/h3*11-14H,1-10H2;10-13H,1-9H2. The number of rotatable bonds is 0. The molecule has 0 N–H and O–H groups in total. The van der Waals surface area contributed by atoms with Crippen LogP contribution in [0.15, 0.2) is 0 Å². The molecule has 12 unspecified atom stereocenters. The number of hydrogen-bond acceptors (Lipinski definition) is 0. The smallest absolute Gasteiger partial charge is 0.0329 e. The zero-order valence-corrected chi connectivity index (χ0v) is 36.8. The highest BCUT2D eigenvalue weighted by atomic mass is 14.5. The van der Waals surface area contributed by atoms with Crippen LogP contribution in [0.2, 0.25) is 0 Å². The first-order chi connectivity index (χ1) is 27.3. The van der Waals surface area contributed by atoms with Crippen LogP contribution in [-0.2, 0) is 0 Å². The van der Waals surface area contributed by atoms with Gasteiger partial charge in [0.15, 0.2) is 0 Å². The van der Waals surface area contributed by atoms with Crippen LogP contribution in [0.4, 0.5) is 0 Å². The van der Waals surface area contributed by atoms with Gasteiger partial charge >= 0.3 is 0 Å². The summed E-state index contributed by atoms with van der Waals surface area (Å²) >= 11 is 0. The molecule has 12 fully saturated rings. The van der Waals surface area contributed by atoms with Gasteiger partial charge < -0.3 is 0 Å². The topological polar surface area (TPSA) is 0 Å². The maximum Gasteiger partial charge on any atom is -0.0329 e. The Bertz CT molecular complexity index is 938. The summed E-state index contributed by atoms with van der Waals surface area (Å²) in [6.45, 7) is 0. The van der Waals surface area contributed by atoms with Gasteiger partial charge in [-0.15, -0.1) is 0 Å². The summed E-state index contributed by atoms with van der Waals surface area (Å²) in [4.78, 5) is 0. The average Bonchev–Trinajstić information content (AvgIpc) is 3.27. The Labute approximate surface area is 343 Å². The Balaban J connectivity index is 0.0000000963. The van der Waals surface area contributed by atoms with Crippen molar-refractivity contribution in [3.8, 4) is 0 Å². The molecule has 0 aromatic rings. The molecule has 0 aromatic heterocycles. The first-order valence-electron chi connectivity index (χ1n) is 27.3. The van der Waals surface area contributed by atoms with E-state index in [1.165, 1.54) is 29.6 Å². The van der Waals surface area contributed by atoms with Gasteiger partial charge in [-0.1, -0.05) is 186 Å². The lowest BCUT2D eigenvalue weighted by Gasteiger charge is -2.49. The molecule has 0 nitrogen and oxygen atoms in total. The van der Waals surface area contributed by atoms with E-state index in [4.69, 9.17) is 0 Å². The molecule has 0 spiro atoms. The van der Waals surface area contributed by atoms with Gasteiger partial charge in [0, 0.05) is 0 Å². The molecule has 0 heterocycles. The first-order valence-corrected chi connectivity index (χ1v) is 27.3. The second-order valence-corrected chi connectivity index (χ2v) is 23.7. The van der Waals surface area contributed by atoms with Crippen LogP contribution in [-0.4, -0.2) is 0 Å². The lowest BCUT2D eigenvalue weighted by atomic mass is 9.56. The number of fused-ring (bicyclic) bond motifs is 8. The van der Waals surface area contributed by atoms with Crippen LogP contribution in [0.1, 0.15) is 250 Å². The van der Waals surface area contributed by atoms with Crippen molar-refractivity contribution in [2.75, 3.05) is 0 Å². The highest BCUT2D eigenvalue weighted by Crippen LogP contribution is 2.55. The monoisotopic (exact) mass is 755 g/mol. The molecule has 12 aliphatic rings. The van der Waals surface area contributed by atoms with Gasteiger partial charge in [0.25, 0.3) is 0 Å². The van der Waals surface area contributed by atoms with E-state index in [2.05, 4.69) is 0 Å². The largest absolute Gasteiger partial charge is 0.0530 e. The maximum atomic E-state index is 1.62. The molecule has 12 atom stereocenters. The molecule has 0 aliphatic heterocycles. The Kier molecular flexibility index (Phi) is 14.7. The van der Waals surface area contributed by atoms with Crippen molar-refractivity contribution in [1.29, 1.82) is 0 Å². The summed E-state index contributed by atoms with van der Waals surface area (Å²) in [5.74, 6) is 18.6. The van der Waals surface area contributed by atoms with Crippen molar-refractivity contribution >= 4 is 0 Å². The summed E-state index contributed by atoms with van der Waals surface area (Å²) in [7, 11) is 0. The van der Waals surface area contributed by atoms with Crippen LogP contribution in [0, 0.1) is 94.7 Å². The van der Waals surface area contributed by atoms with Crippen LogP contribution < -0.4 is 0 Å². The second-order valence-electron chi connectivity index (χ2n) is 23.7. The molecule has 0 heteroatoms. The molecule has 0 saturated heterocycles. The molecule has 0 amide bonds. The van der Waals surface area contributed by atoms with Gasteiger partial charge in [0.05, 0.1) is 0 Å². The van der Waals surface area contributed by atoms with E-state index >= 15 is 0 Å². The van der Waals surface area contributed by atoms with Gasteiger partial charge in [-0.3, -0.25) is 0 Å². The molecule has 55 heavy (non-hydrogen) atoms. The van der Waals surface area contributed by atoms with Crippen molar-refractivity contribution in [3.63, 3.8) is 0 Å². The zero-order chi connectivity index (χ0) is 36.8. The molecule has 314 valence electrons. The van der Waals surface area contributed by atoms with Crippen LogP contribution >= 0.6 is 0 Å². The summed E-state index contributed by atoms with van der Waals surface area (Å²) in [5, 5.41) is 0. The van der Waals surface area contributed by atoms with Gasteiger partial charge in [0.2, 0.25) is 0 Å². The lowest BCUT2D eigenvalue weighted by Crippen LogP contribution is -2.39. The third kappa shape index (κ3) is 9.81. The van der Waals surface area contributed by atoms with Gasteiger partial charge in [-0.25, -0.2) is 0 Å². The average molecular weight is 755 g/mol. The van der Waals surface area contributed by atoms with Crippen molar-refractivity contribution in [3.05, 3.63) is 0 Å². The SMILES string of the molecule is C1CC2CCCC3CCCC(C1)C23.C1CCC2C(C1)CCC1CCCCC12.C1CCC2C(C1)CCC1CCCCC12.C1CCC2CC3CCCCC3CC2C1. The highest BCUT2D eigenvalue weighted by Gasteiger charge is 2.44. The fraction of sp³-hybridized carbons (Fsp3) is 1.00. The normalized spacial score (nSPS) is 48.4. The molecular weight excluding hydrogens is 661 g/mol. The fourth-order valence-electron chi connectivity index (χ4n) is 18.7. The third-order valence-electron chi connectivity index (χ3n) is 21.2. The van der Waals surface area contributed by atoms with E-state index in [1.807, 2.05) is 0 Å². The summed E-state index contributed by atoms with van der Waals surface area (Å²) in [5.41, 5.74) is 0. The Morgan fingerprint density at radius 1 is 0.145 bits per heavy atom. The maximum absolute atomic E-state index is 1.62. The van der Waals surface area contributed by atoms with E-state index in [0.717, 1.165) is 65.1 Å². The molecule has 0 bridgehead atoms. The summed E-state index contributed by atoms with van der Waals surface area (Å²) < 4.78 is 0. The number of hydrogen-bond donors (Lipinski definition) is 0. The van der Waals surface area contributed by atoms with Crippen LogP contribution in [0.5, 0.6) is 0 Å². The predicted octanol–water partition coefficient (Wildman–Crippen LogP) is 17.2. The minimum Gasteiger partial charge on any atom is -0.0530 e. The lowest BCUT2D eigenvalue weighted by molar-refractivity contribution is 0.0123. The van der Waals surface area contributed by atoms with E-state index in [9.17, 15) is 0 Å². The van der Waals surface area contributed by atoms with E-state index in [-0.39, 0.29) is 0 Å². The minimum absolute atomic E-state index is 1.16. The summed E-state index contributed by atoms with van der Waals surface area (Å²) in [6, 6.07) is 0. The Hall–Kier alpha value is 0. The van der Waals surface area contributed by atoms with Crippen LogP contribution in [0.3, 0.4) is 0 Å². The summed E-state index contributed by atoms with van der Waals surface area (Å²) in [6.07, 6.45) is 61.2. The molecule has 12 aliphatic carbocycles. The van der Waals surface area contributed by atoms with Gasteiger partial charge in [-0.05, 0) is 159 Å². The predicted molar refractivity (Wildman–Crippen MR) is 236 cm³/mol. The second kappa shape index (κ2) is 20.0. The van der Waals surface area contributed by atoms with Crippen molar-refractivity contribution < 1.29 is 0 Å². The fourth-order valence-corrected chi connectivity index (χ4v) is 18.7. The molecule has 12 saturated carbocycles. The van der Waals surface area contributed by atoms with Crippen molar-refractivity contribution in [2.45, 2.75) is 250 Å². The van der Waals surface area contributed by atoms with Gasteiger partial charge in [-0.2, -0.15) is 0 Å². The van der Waals surface area contributed by atoms with Gasteiger partial charge in [0.1, 0.15) is 0 Å². The first kappa shape index (κ1) is 40.4. The van der Waals surface area contributed by atoms with E-state index in [1.54, 1.807) is 250 Å². The Morgan fingerprint density at radius 3 is 0.600 bits per heavy atom. The quantitative estimate of drug-likeness (QED) is 0.231. The molecule has 0 aromatic carbocycles.